The topological polar surface area (TPSA) is 97.1 Å². The molecule has 2 N–H and O–H groups in total. The van der Waals surface area contributed by atoms with Crippen molar-refractivity contribution in [2.45, 2.75) is 6.42 Å². The minimum atomic E-state index is -1.16. The van der Waals surface area contributed by atoms with Crippen LogP contribution in [0.4, 0.5) is 0 Å². The summed E-state index contributed by atoms with van der Waals surface area (Å²) in [5.41, 5.74) is 0.813. The van der Waals surface area contributed by atoms with Crippen LogP contribution in [0.15, 0.2) is 30.5 Å². The standard InChI is InChI=1S/C13H14N4O3/c1-17-8-6-9(16-17)5-7-14-12(18)10-3-2-4-11(15-10)13(19)20/h2-4,6,8H,5,7H2,1H3,(H,14,18)(H,19,20). The SMILES string of the molecule is Cn1ccc(CCNC(=O)c2cccc(C(=O)O)n2)n1. The third-order valence-corrected chi connectivity index (χ3v) is 2.64. The Morgan fingerprint density at radius 2 is 2.05 bits per heavy atom. The summed E-state index contributed by atoms with van der Waals surface area (Å²) in [7, 11) is 1.82. The number of rotatable bonds is 5. The summed E-state index contributed by atoms with van der Waals surface area (Å²) < 4.78 is 1.69. The Morgan fingerprint density at radius 3 is 2.70 bits per heavy atom. The molecule has 0 aliphatic carbocycles. The van der Waals surface area contributed by atoms with Crippen molar-refractivity contribution in [3.8, 4) is 0 Å². The van der Waals surface area contributed by atoms with Gasteiger partial charge in [0.05, 0.1) is 5.69 Å². The number of carbonyl (C=O) groups is 2. The molecule has 0 aliphatic rings. The molecule has 2 heterocycles. The molecule has 2 rings (SSSR count). The van der Waals surface area contributed by atoms with Crippen LogP contribution in [-0.2, 0) is 13.5 Å². The number of aryl methyl sites for hydroxylation is 1. The number of carbonyl (C=O) groups excluding carboxylic acids is 1. The van der Waals surface area contributed by atoms with Gasteiger partial charge in [0.2, 0.25) is 0 Å². The van der Waals surface area contributed by atoms with E-state index in [4.69, 9.17) is 5.11 Å². The number of aromatic carboxylic acids is 1. The molecule has 20 heavy (non-hydrogen) atoms. The maximum Gasteiger partial charge on any atom is 0.354 e. The minimum Gasteiger partial charge on any atom is -0.477 e. The largest absolute Gasteiger partial charge is 0.477 e. The van der Waals surface area contributed by atoms with Crippen molar-refractivity contribution in [3.63, 3.8) is 0 Å². The Labute approximate surface area is 115 Å². The van der Waals surface area contributed by atoms with E-state index >= 15 is 0 Å². The van der Waals surface area contributed by atoms with E-state index in [-0.39, 0.29) is 11.4 Å². The first-order valence-electron chi connectivity index (χ1n) is 6.03. The highest BCUT2D eigenvalue weighted by Gasteiger charge is 2.10. The van der Waals surface area contributed by atoms with Crippen LogP contribution in [0.25, 0.3) is 0 Å². The Morgan fingerprint density at radius 1 is 1.30 bits per heavy atom. The van der Waals surface area contributed by atoms with Crippen molar-refractivity contribution in [3.05, 3.63) is 47.5 Å². The highest BCUT2D eigenvalue weighted by atomic mass is 16.4. The van der Waals surface area contributed by atoms with Crippen LogP contribution in [0.2, 0.25) is 0 Å². The lowest BCUT2D eigenvalue weighted by molar-refractivity contribution is 0.0690. The summed E-state index contributed by atoms with van der Waals surface area (Å²) in [5, 5.41) is 15.7. The van der Waals surface area contributed by atoms with Gasteiger partial charge in [-0.2, -0.15) is 5.10 Å². The smallest absolute Gasteiger partial charge is 0.354 e. The molecule has 0 aromatic carbocycles. The number of aromatic nitrogens is 3. The van der Waals surface area contributed by atoms with Crippen molar-refractivity contribution in [2.75, 3.05) is 6.54 Å². The zero-order valence-electron chi connectivity index (χ0n) is 10.9. The molecule has 0 atom stereocenters. The molecule has 0 saturated heterocycles. The van der Waals surface area contributed by atoms with Crippen molar-refractivity contribution >= 4 is 11.9 Å². The minimum absolute atomic E-state index is 0.0888. The lowest BCUT2D eigenvalue weighted by Crippen LogP contribution is -2.27. The van der Waals surface area contributed by atoms with Gasteiger partial charge in [-0.15, -0.1) is 0 Å². The molecule has 1 amide bonds. The van der Waals surface area contributed by atoms with Gasteiger partial charge >= 0.3 is 5.97 Å². The molecule has 0 radical (unpaired) electrons. The van der Waals surface area contributed by atoms with Crippen LogP contribution < -0.4 is 5.32 Å². The molecule has 0 saturated carbocycles. The van der Waals surface area contributed by atoms with Crippen molar-refractivity contribution in [2.24, 2.45) is 7.05 Å². The monoisotopic (exact) mass is 274 g/mol. The normalized spacial score (nSPS) is 10.2. The number of hydrogen-bond donors (Lipinski definition) is 2. The maximum atomic E-state index is 11.8. The molecule has 0 spiro atoms. The van der Waals surface area contributed by atoms with Gasteiger partial charge in [-0.3, -0.25) is 9.48 Å². The first-order chi connectivity index (χ1) is 9.56. The molecule has 2 aromatic rings. The quantitative estimate of drug-likeness (QED) is 0.826. The van der Waals surface area contributed by atoms with Crippen LogP contribution in [0, 0.1) is 0 Å². The fourth-order valence-electron chi connectivity index (χ4n) is 1.67. The van der Waals surface area contributed by atoms with Gasteiger partial charge in [0.1, 0.15) is 11.4 Å². The van der Waals surface area contributed by atoms with Crippen molar-refractivity contribution in [1.82, 2.24) is 20.1 Å². The number of hydrogen-bond acceptors (Lipinski definition) is 4. The third-order valence-electron chi connectivity index (χ3n) is 2.64. The summed E-state index contributed by atoms with van der Waals surface area (Å²) in [6.45, 7) is 0.412. The van der Waals surface area contributed by atoms with E-state index in [0.29, 0.717) is 13.0 Å². The Kier molecular flexibility index (Phi) is 4.09. The highest BCUT2D eigenvalue weighted by molar-refractivity contribution is 5.94. The number of carboxylic acids is 1. The summed E-state index contributed by atoms with van der Waals surface area (Å²) in [4.78, 5) is 26.4. The van der Waals surface area contributed by atoms with Crippen LogP contribution in [0.5, 0.6) is 0 Å². The molecule has 7 nitrogen and oxygen atoms in total. The predicted octanol–water partition coefficient (Wildman–Crippen LogP) is 0.486. The van der Waals surface area contributed by atoms with Gasteiger partial charge in [0.25, 0.3) is 5.91 Å². The van der Waals surface area contributed by atoms with E-state index in [1.54, 1.807) is 4.68 Å². The lowest BCUT2D eigenvalue weighted by Gasteiger charge is -2.04. The van der Waals surface area contributed by atoms with Gasteiger partial charge in [-0.1, -0.05) is 6.07 Å². The predicted molar refractivity (Wildman–Crippen MR) is 70.4 cm³/mol. The molecular formula is C13H14N4O3. The van der Waals surface area contributed by atoms with Crippen LogP contribution in [0.3, 0.4) is 0 Å². The molecule has 0 bridgehead atoms. The molecule has 104 valence electrons. The third kappa shape index (κ3) is 3.41. The Balaban J connectivity index is 1.91. The summed E-state index contributed by atoms with van der Waals surface area (Å²) in [5.74, 6) is -1.56. The van der Waals surface area contributed by atoms with Crippen LogP contribution >= 0.6 is 0 Å². The van der Waals surface area contributed by atoms with Gasteiger partial charge < -0.3 is 10.4 Å². The maximum absolute atomic E-state index is 11.8. The van der Waals surface area contributed by atoms with E-state index in [2.05, 4.69) is 15.4 Å². The number of pyridine rings is 1. The molecule has 7 heteroatoms. The fraction of sp³-hybridized carbons (Fsp3) is 0.231. The number of amides is 1. The van der Waals surface area contributed by atoms with E-state index in [1.807, 2.05) is 19.3 Å². The van der Waals surface area contributed by atoms with Crippen molar-refractivity contribution < 1.29 is 14.7 Å². The van der Waals surface area contributed by atoms with Crippen LogP contribution in [-0.4, -0.2) is 38.3 Å². The second kappa shape index (κ2) is 5.96. The van der Waals surface area contributed by atoms with E-state index in [0.717, 1.165) is 5.69 Å². The van der Waals surface area contributed by atoms with Gasteiger partial charge in [-0.25, -0.2) is 9.78 Å². The number of carboxylic acid groups (broad SMARTS) is 1. The molecule has 0 fully saturated rings. The summed E-state index contributed by atoms with van der Waals surface area (Å²) in [6, 6.07) is 6.18. The second-order valence-electron chi connectivity index (χ2n) is 4.20. The van der Waals surface area contributed by atoms with E-state index in [9.17, 15) is 9.59 Å². The van der Waals surface area contributed by atoms with Gasteiger partial charge in [0.15, 0.2) is 0 Å². The Hall–Kier alpha value is -2.70. The van der Waals surface area contributed by atoms with E-state index in [1.165, 1.54) is 18.2 Å². The second-order valence-corrected chi connectivity index (χ2v) is 4.20. The van der Waals surface area contributed by atoms with E-state index < -0.39 is 11.9 Å². The highest BCUT2D eigenvalue weighted by Crippen LogP contribution is 2.00. The van der Waals surface area contributed by atoms with Crippen molar-refractivity contribution in [1.29, 1.82) is 0 Å². The van der Waals surface area contributed by atoms with Gasteiger partial charge in [-0.05, 0) is 18.2 Å². The zero-order valence-corrected chi connectivity index (χ0v) is 10.9. The summed E-state index contributed by atoms with van der Waals surface area (Å²) in [6.07, 6.45) is 2.43. The zero-order chi connectivity index (χ0) is 14.5. The number of nitrogens with zero attached hydrogens (tertiary/aromatic N) is 3. The average Bonchev–Trinajstić information content (AvgIpc) is 2.84. The Bertz CT molecular complexity index is 636. The molecular weight excluding hydrogens is 260 g/mol. The molecule has 0 aliphatic heterocycles. The molecule has 2 aromatic heterocycles. The lowest BCUT2D eigenvalue weighted by atomic mass is 10.2. The average molecular weight is 274 g/mol. The van der Waals surface area contributed by atoms with Crippen LogP contribution in [0.1, 0.15) is 26.7 Å². The first kappa shape index (κ1) is 13.7. The van der Waals surface area contributed by atoms with Gasteiger partial charge in [0, 0.05) is 26.2 Å². The first-order valence-corrected chi connectivity index (χ1v) is 6.03. The fourth-order valence-corrected chi connectivity index (χ4v) is 1.67. The summed E-state index contributed by atoms with van der Waals surface area (Å²) >= 11 is 0. The molecule has 0 unspecified atom stereocenters. The number of nitrogens with one attached hydrogen (secondary N) is 1.